The van der Waals surface area contributed by atoms with E-state index in [1.54, 1.807) is 18.2 Å². The Bertz CT molecular complexity index is 1440. The number of carbonyl (C=O) groups is 2. The molecule has 0 spiro atoms. The SMILES string of the molecule is CC(C)NC(=O)C(Cc1ccccc1)N(Cc1c(Cl)cccc1Cl)C(=O)COc1ccc2ccccc2c1Br. The summed E-state index contributed by atoms with van der Waals surface area (Å²) in [5, 5.41) is 5.83. The van der Waals surface area contributed by atoms with Crippen molar-refractivity contribution in [2.45, 2.75) is 38.9 Å². The molecule has 0 aliphatic heterocycles. The number of ether oxygens (including phenoxy) is 1. The van der Waals surface area contributed by atoms with Crippen LogP contribution >= 0.6 is 39.1 Å². The summed E-state index contributed by atoms with van der Waals surface area (Å²) in [7, 11) is 0. The molecule has 1 atom stereocenters. The van der Waals surface area contributed by atoms with Gasteiger partial charge in [-0.3, -0.25) is 9.59 Å². The smallest absolute Gasteiger partial charge is 0.261 e. The molecule has 2 amide bonds. The first-order valence-corrected chi connectivity index (χ1v) is 14.2. The third-order valence-corrected chi connectivity index (χ3v) is 7.80. The maximum absolute atomic E-state index is 13.9. The Morgan fingerprint density at radius 2 is 1.56 bits per heavy atom. The summed E-state index contributed by atoms with van der Waals surface area (Å²) < 4.78 is 6.77. The van der Waals surface area contributed by atoms with Crippen molar-refractivity contribution in [1.29, 1.82) is 0 Å². The molecule has 1 unspecified atom stereocenters. The lowest BCUT2D eigenvalue weighted by molar-refractivity contribution is -0.143. The van der Waals surface area contributed by atoms with Crippen LogP contribution in [-0.4, -0.2) is 35.4 Å². The molecule has 0 saturated carbocycles. The standard InChI is InChI=1S/C31H29BrCl2N2O3/c1-20(2)35-31(38)27(17-21-9-4-3-5-10-21)36(18-24-25(33)13-8-14-26(24)34)29(37)19-39-28-16-15-22-11-6-7-12-23(22)30(28)32/h3-16,20,27H,17-19H2,1-2H3,(H,35,38). The largest absolute Gasteiger partial charge is 0.483 e. The Hall–Kier alpha value is -3.06. The summed E-state index contributed by atoms with van der Waals surface area (Å²) in [6.07, 6.45) is 0.312. The molecule has 4 rings (SSSR count). The highest BCUT2D eigenvalue weighted by molar-refractivity contribution is 9.10. The number of hydrogen-bond donors (Lipinski definition) is 1. The van der Waals surface area contributed by atoms with E-state index in [4.69, 9.17) is 27.9 Å². The van der Waals surface area contributed by atoms with Crippen molar-refractivity contribution in [1.82, 2.24) is 10.2 Å². The summed E-state index contributed by atoms with van der Waals surface area (Å²) in [4.78, 5) is 28.9. The molecule has 0 saturated heterocycles. The van der Waals surface area contributed by atoms with Crippen molar-refractivity contribution in [2.75, 3.05) is 6.61 Å². The second-order valence-electron chi connectivity index (χ2n) is 9.48. The summed E-state index contributed by atoms with van der Waals surface area (Å²) in [6, 6.07) is 25.5. The minimum Gasteiger partial charge on any atom is -0.483 e. The predicted molar refractivity (Wildman–Crippen MR) is 161 cm³/mol. The molecule has 0 aliphatic rings. The van der Waals surface area contributed by atoms with Crippen LogP contribution in [0.3, 0.4) is 0 Å². The summed E-state index contributed by atoms with van der Waals surface area (Å²) in [6.45, 7) is 3.53. The first-order chi connectivity index (χ1) is 18.7. The molecule has 0 radical (unpaired) electrons. The monoisotopic (exact) mass is 626 g/mol. The molecule has 0 heterocycles. The Morgan fingerprint density at radius 1 is 0.897 bits per heavy atom. The van der Waals surface area contributed by atoms with Crippen molar-refractivity contribution >= 4 is 61.7 Å². The van der Waals surface area contributed by atoms with Gasteiger partial charge in [0.15, 0.2) is 6.61 Å². The number of benzene rings is 4. The minimum atomic E-state index is -0.821. The molecule has 0 aliphatic carbocycles. The fraction of sp³-hybridized carbons (Fsp3) is 0.226. The first-order valence-electron chi connectivity index (χ1n) is 12.6. The minimum absolute atomic E-state index is 0.0443. The molecule has 8 heteroatoms. The number of amides is 2. The molecule has 4 aromatic rings. The van der Waals surface area contributed by atoms with Crippen molar-refractivity contribution in [2.24, 2.45) is 0 Å². The third-order valence-electron chi connectivity index (χ3n) is 6.27. The van der Waals surface area contributed by atoms with Gasteiger partial charge in [-0.1, -0.05) is 89.9 Å². The number of fused-ring (bicyclic) bond motifs is 1. The highest BCUT2D eigenvalue weighted by Crippen LogP contribution is 2.33. The Kier molecular flexibility index (Phi) is 9.89. The van der Waals surface area contributed by atoms with Gasteiger partial charge in [0.1, 0.15) is 11.8 Å². The summed E-state index contributed by atoms with van der Waals surface area (Å²) in [5.74, 6) is -0.104. The number of carbonyl (C=O) groups excluding carboxylic acids is 2. The van der Waals surface area contributed by atoms with Crippen molar-refractivity contribution < 1.29 is 14.3 Å². The average Bonchev–Trinajstić information content (AvgIpc) is 2.92. The lowest BCUT2D eigenvalue weighted by Crippen LogP contribution is -2.52. The third kappa shape index (κ3) is 7.33. The van der Waals surface area contributed by atoms with Gasteiger partial charge in [0.05, 0.1) is 4.47 Å². The molecular weight excluding hydrogens is 599 g/mol. The molecule has 4 aromatic carbocycles. The van der Waals surface area contributed by atoms with Gasteiger partial charge in [-0.2, -0.15) is 0 Å². The molecule has 0 bridgehead atoms. The van der Waals surface area contributed by atoms with Gasteiger partial charge in [-0.05, 0) is 64.3 Å². The second-order valence-corrected chi connectivity index (χ2v) is 11.1. The van der Waals surface area contributed by atoms with Gasteiger partial charge in [0, 0.05) is 34.6 Å². The van der Waals surface area contributed by atoms with Gasteiger partial charge < -0.3 is 15.0 Å². The maximum atomic E-state index is 13.9. The average molecular weight is 628 g/mol. The first kappa shape index (κ1) is 28.9. The summed E-state index contributed by atoms with van der Waals surface area (Å²) >= 11 is 16.6. The molecule has 39 heavy (non-hydrogen) atoms. The van der Waals surface area contributed by atoms with Crippen LogP contribution in [0.2, 0.25) is 10.0 Å². The molecule has 202 valence electrons. The fourth-order valence-electron chi connectivity index (χ4n) is 4.34. The van der Waals surface area contributed by atoms with Gasteiger partial charge in [0.2, 0.25) is 5.91 Å². The Morgan fingerprint density at radius 3 is 2.26 bits per heavy atom. The van der Waals surface area contributed by atoms with E-state index in [1.807, 2.05) is 80.6 Å². The van der Waals surface area contributed by atoms with Crippen LogP contribution < -0.4 is 10.1 Å². The summed E-state index contributed by atoms with van der Waals surface area (Å²) in [5.41, 5.74) is 1.49. The van der Waals surface area contributed by atoms with E-state index in [9.17, 15) is 9.59 Å². The molecule has 5 nitrogen and oxygen atoms in total. The quantitative estimate of drug-likeness (QED) is 0.199. The van der Waals surface area contributed by atoms with Gasteiger partial charge in [0.25, 0.3) is 5.91 Å². The molecule has 1 N–H and O–H groups in total. The van der Waals surface area contributed by atoms with E-state index in [0.717, 1.165) is 20.8 Å². The highest BCUT2D eigenvalue weighted by atomic mass is 79.9. The fourth-order valence-corrected chi connectivity index (χ4v) is 5.46. The second kappa shape index (κ2) is 13.3. The number of nitrogens with one attached hydrogen (secondary N) is 1. The zero-order valence-corrected chi connectivity index (χ0v) is 24.8. The van der Waals surface area contributed by atoms with E-state index >= 15 is 0 Å². The van der Waals surface area contributed by atoms with Gasteiger partial charge >= 0.3 is 0 Å². The number of hydrogen-bond acceptors (Lipinski definition) is 3. The van der Waals surface area contributed by atoms with E-state index in [0.29, 0.717) is 27.8 Å². The maximum Gasteiger partial charge on any atom is 0.261 e. The van der Waals surface area contributed by atoms with Gasteiger partial charge in [-0.25, -0.2) is 0 Å². The van der Waals surface area contributed by atoms with E-state index in [-0.39, 0.29) is 31.0 Å². The van der Waals surface area contributed by atoms with Crippen LogP contribution in [-0.2, 0) is 22.6 Å². The lowest BCUT2D eigenvalue weighted by Gasteiger charge is -2.32. The van der Waals surface area contributed by atoms with Crippen LogP contribution in [0.5, 0.6) is 5.75 Å². The van der Waals surface area contributed by atoms with Crippen LogP contribution in [0.25, 0.3) is 10.8 Å². The zero-order valence-electron chi connectivity index (χ0n) is 21.7. The van der Waals surface area contributed by atoms with Crippen LogP contribution in [0.15, 0.2) is 89.4 Å². The molecular formula is C31H29BrCl2N2O3. The predicted octanol–water partition coefficient (Wildman–Crippen LogP) is 7.45. The zero-order chi connectivity index (χ0) is 27.9. The molecule has 0 aromatic heterocycles. The Balaban J connectivity index is 1.68. The van der Waals surface area contributed by atoms with Crippen molar-refractivity contribution in [3.05, 3.63) is 111 Å². The van der Waals surface area contributed by atoms with Crippen molar-refractivity contribution in [3.8, 4) is 5.75 Å². The van der Waals surface area contributed by atoms with E-state index < -0.39 is 6.04 Å². The number of halogens is 3. The normalized spacial score (nSPS) is 11.8. The van der Waals surface area contributed by atoms with Crippen LogP contribution in [0, 0.1) is 0 Å². The van der Waals surface area contributed by atoms with Crippen LogP contribution in [0.4, 0.5) is 0 Å². The molecule has 0 fully saturated rings. The van der Waals surface area contributed by atoms with Crippen molar-refractivity contribution in [3.63, 3.8) is 0 Å². The lowest BCUT2D eigenvalue weighted by atomic mass is 10.0. The Labute approximate surface area is 247 Å². The number of nitrogens with zero attached hydrogens (tertiary/aromatic N) is 1. The van der Waals surface area contributed by atoms with Gasteiger partial charge in [-0.15, -0.1) is 0 Å². The van der Waals surface area contributed by atoms with E-state index in [2.05, 4.69) is 21.2 Å². The van der Waals surface area contributed by atoms with Crippen LogP contribution in [0.1, 0.15) is 25.0 Å². The van der Waals surface area contributed by atoms with E-state index in [1.165, 1.54) is 4.90 Å². The topological polar surface area (TPSA) is 58.6 Å². The number of rotatable bonds is 10. The highest BCUT2D eigenvalue weighted by Gasteiger charge is 2.32.